The molecule has 2 aromatic rings. The number of ether oxygens (including phenoxy) is 2. The van der Waals surface area contributed by atoms with E-state index >= 15 is 0 Å². The monoisotopic (exact) mass is 348 g/mol. The minimum Gasteiger partial charge on any atom is -0.497 e. The molecule has 2 amide bonds. The van der Waals surface area contributed by atoms with E-state index in [4.69, 9.17) is 26.8 Å². The Morgan fingerprint density at radius 3 is 2.50 bits per heavy atom. The number of carbonyl (C=O) groups excluding carboxylic acids is 2. The molecule has 0 aliphatic heterocycles. The minimum atomic E-state index is -0.644. The molecular weight excluding hydrogens is 332 g/mol. The van der Waals surface area contributed by atoms with E-state index in [0.717, 1.165) is 5.56 Å². The molecule has 0 spiro atoms. The Morgan fingerprint density at radius 2 is 1.88 bits per heavy atom. The number of primary amides is 1. The van der Waals surface area contributed by atoms with E-state index < -0.39 is 5.91 Å². The maximum Gasteiger partial charge on any atom is 0.258 e. The van der Waals surface area contributed by atoms with E-state index in [9.17, 15) is 9.59 Å². The molecule has 0 heterocycles. The Morgan fingerprint density at radius 1 is 1.17 bits per heavy atom. The molecule has 0 radical (unpaired) electrons. The molecule has 126 valence electrons. The summed E-state index contributed by atoms with van der Waals surface area (Å²) >= 11 is 5.80. The summed E-state index contributed by atoms with van der Waals surface area (Å²) in [4.78, 5) is 23.3. The Balaban J connectivity index is 1.93. The maximum atomic E-state index is 11.9. The summed E-state index contributed by atoms with van der Waals surface area (Å²) in [6, 6.07) is 11.7. The van der Waals surface area contributed by atoms with Gasteiger partial charge in [0, 0.05) is 17.6 Å². The highest BCUT2D eigenvalue weighted by Gasteiger charge is 2.12. The van der Waals surface area contributed by atoms with Gasteiger partial charge in [-0.3, -0.25) is 9.59 Å². The van der Waals surface area contributed by atoms with E-state index in [1.165, 1.54) is 19.2 Å². The van der Waals surface area contributed by atoms with Gasteiger partial charge in [-0.25, -0.2) is 0 Å². The maximum absolute atomic E-state index is 11.9. The van der Waals surface area contributed by atoms with Crippen molar-refractivity contribution >= 4 is 23.4 Å². The first-order chi connectivity index (χ1) is 11.5. The molecule has 0 atom stereocenters. The van der Waals surface area contributed by atoms with Gasteiger partial charge in [0.25, 0.3) is 11.8 Å². The summed E-state index contributed by atoms with van der Waals surface area (Å²) in [6.07, 6.45) is 0. The molecule has 0 aliphatic carbocycles. The quantitative estimate of drug-likeness (QED) is 0.802. The number of amides is 2. The summed E-state index contributed by atoms with van der Waals surface area (Å²) in [5.74, 6) is -0.280. The van der Waals surface area contributed by atoms with Gasteiger partial charge in [-0.1, -0.05) is 23.7 Å². The van der Waals surface area contributed by atoms with E-state index in [1.54, 1.807) is 18.2 Å². The van der Waals surface area contributed by atoms with Crippen LogP contribution in [0.25, 0.3) is 0 Å². The smallest absolute Gasteiger partial charge is 0.258 e. The average molecular weight is 349 g/mol. The van der Waals surface area contributed by atoms with Crippen LogP contribution in [0.3, 0.4) is 0 Å². The summed E-state index contributed by atoms with van der Waals surface area (Å²) < 4.78 is 10.5. The normalized spacial score (nSPS) is 10.1. The third-order valence-electron chi connectivity index (χ3n) is 3.22. The van der Waals surface area contributed by atoms with Gasteiger partial charge in [0.05, 0.1) is 12.7 Å². The van der Waals surface area contributed by atoms with Crippen LogP contribution in [0.4, 0.5) is 0 Å². The van der Waals surface area contributed by atoms with Crippen LogP contribution in [0.2, 0.25) is 5.02 Å². The lowest BCUT2D eigenvalue weighted by Gasteiger charge is -2.11. The summed E-state index contributed by atoms with van der Waals surface area (Å²) in [7, 11) is 1.49. The van der Waals surface area contributed by atoms with Crippen molar-refractivity contribution in [3.63, 3.8) is 0 Å². The summed E-state index contributed by atoms with van der Waals surface area (Å²) in [5.41, 5.74) is 6.38. The van der Waals surface area contributed by atoms with Gasteiger partial charge in [0.2, 0.25) is 0 Å². The number of methoxy groups -OCH3 is 1. The lowest BCUT2D eigenvalue weighted by molar-refractivity contribution is -0.123. The molecule has 0 fully saturated rings. The highest BCUT2D eigenvalue weighted by Crippen LogP contribution is 2.24. The Bertz CT molecular complexity index is 732. The van der Waals surface area contributed by atoms with E-state index in [0.29, 0.717) is 17.3 Å². The van der Waals surface area contributed by atoms with Crippen molar-refractivity contribution in [2.24, 2.45) is 5.73 Å². The number of hydrogen-bond acceptors (Lipinski definition) is 4. The van der Waals surface area contributed by atoms with E-state index in [-0.39, 0.29) is 23.8 Å². The van der Waals surface area contributed by atoms with Gasteiger partial charge in [0.1, 0.15) is 11.5 Å². The first-order valence-electron chi connectivity index (χ1n) is 7.11. The second-order valence-electron chi connectivity index (χ2n) is 4.92. The standard InChI is InChI=1S/C17H17ClN2O4/c1-23-13-6-7-14(17(19)22)15(8-13)24-10-16(21)20-9-11-2-4-12(18)5-3-11/h2-8H,9-10H2,1H3,(H2,19,22)(H,20,21). The van der Waals surface area contributed by atoms with Crippen molar-refractivity contribution in [2.45, 2.75) is 6.54 Å². The van der Waals surface area contributed by atoms with Crippen LogP contribution in [0.5, 0.6) is 11.5 Å². The second-order valence-corrected chi connectivity index (χ2v) is 5.35. The number of carbonyl (C=O) groups is 2. The number of rotatable bonds is 7. The predicted octanol–water partition coefficient (Wildman–Crippen LogP) is 2.14. The first kappa shape index (κ1) is 17.6. The van der Waals surface area contributed by atoms with E-state index in [2.05, 4.69) is 5.32 Å². The Hall–Kier alpha value is -2.73. The Kier molecular flexibility index (Phi) is 6.03. The molecule has 7 heteroatoms. The number of benzene rings is 2. The molecule has 3 N–H and O–H groups in total. The van der Waals surface area contributed by atoms with Crippen molar-refractivity contribution in [2.75, 3.05) is 13.7 Å². The lowest BCUT2D eigenvalue weighted by atomic mass is 10.2. The molecule has 0 saturated carbocycles. The van der Waals surface area contributed by atoms with Crippen molar-refractivity contribution in [1.82, 2.24) is 5.32 Å². The van der Waals surface area contributed by atoms with Gasteiger partial charge in [0.15, 0.2) is 6.61 Å². The number of nitrogens with two attached hydrogens (primary N) is 1. The first-order valence-corrected chi connectivity index (χ1v) is 7.49. The molecule has 2 aromatic carbocycles. The van der Waals surface area contributed by atoms with Crippen LogP contribution in [0, 0.1) is 0 Å². The van der Waals surface area contributed by atoms with Gasteiger partial charge in [-0.15, -0.1) is 0 Å². The van der Waals surface area contributed by atoms with Crippen molar-refractivity contribution in [3.8, 4) is 11.5 Å². The number of nitrogens with one attached hydrogen (secondary N) is 1. The molecule has 0 saturated heterocycles. The molecule has 0 aliphatic rings. The zero-order chi connectivity index (χ0) is 17.5. The summed E-state index contributed by atoms with van der Waals surface area (Å²) in [5, 5.41) is 3.34. The van der Waals surface area contributed by atoms with Gasteiger partial charge < -0.3 is 20.5 Å². The second kappa shape index (κ2) is 8.21. The fourth-order valence-electron chi connectivity index (χ4n) is 1.95. The van der Waals surface area contributed by atoms with Crippen LogP contribution in [-0.4, -0.2) is 25.5 Å². The van der Waals surface area contributed by atoms with E-state index in [1.807, 2.05) is 12.1 Å². The molecule has 6 nitrogen and oxygen atoms in total. The Labute approximate surface area is 144 Å². The number of halogens is 1. The molecule has 0 unspecified atom stereocenters. The zero-order valence-electron chi connectivity index (χ0n) is 13.0. The highest BCUT2D eigenvalue weighted by atomic mass is 35.5. The minimum absolute atomic E-state index is 0.182. The molecule has 24 heavy (non-hydrogen) atoms. The fourth-order valence-corrected chi connectivity index (χ4v) is 2.08. The fraction of sp³-hybridized carbons (Fsp3) is 0.176. The van der Waals surface area contributed by atoms with Gasteiger partial charge in [-0.05, 0) is 29.8 Å². The van der Waals surface area contributed by atoms with Gasteiger partial charge in [-0.2, -0.15) is 0 Å². The topological polar surface area (TPSA) is 90.7 Å². The third-order valence-corrected chi connectivity index (χ3v) is 3.47. The number of hydrogen-bond donors (Lipinski definition) is 2. The van der Waals surface area contributed by atoms with Crippen LogP contribution in [0.15, 0.2) is 42.5 Å². The summed E-state index contributed by atoms with van der Waals surface area (Å²) in [6.45, 7) is 0.0984. The van der Waals surface area contributed by atoms with Crippen LogP contribution >= 0.6 is 11.6 Å². The average Bonchev–Trinajstić information content (AvgIpc) is 2.59. The van der Waals surface area contributed by atoms with Crippen LogP contribution in [-0.2, 0) is 11.3 Å². The SMILES string of the molecule is COc1ccc(C(N)=O)c(OCC(=O)NCc2ccc(Cl)cc2)c1. The van der Waals surface area contributed by atoms with Crippen molar-refractivity contribution in [1.29, 1.82) is 0 Å². The highest BCUT2D eigenvalue weighted by molar-refractivity contribution is 6.30. The zero-order valence-corrected chi connectivity index (χ0v) is 13.8. The lowest BCUT2D eigenvalue weighted by Crippen LogP contribution is -2.28. The third kappa shape index (κ3) is 4.89. The van der Waals surface area contributed by atoms with Crippen LogP contribution < -0.4 is 20.5 Å². The van der Waals surface area contributed by atoms with Crippen LogP contribution in [0.1, 0.15) is 15.9 Å². The molecule has 0 bridgehead atoms. The molecular formula is C17H17ClN2O4. The van der Waals surface area contributed by atoms with Crippen molar-refractivity contribution < 1.29 is 19.1 Å². The molecule has 0 aromatic heterocycles. The van der Waals surface area contributed by atoms with Gasteiger partial charge >= 0.3 is 0 Å². The largest absolute Gasteiger partial charge is 0.497 e. The molecule has 2 rings (SSSR count). The van der Waals surface area contributed by atoms with Crippen molar-refractivity contribution in [3.05, 3.63) is 58.6 Å². The predicted molar refractivity (Wildman–Crippen MR) is 90.3 cm³/mol.